The topological polar surface area (TPSA) is 0 Å². The molecule has 0 amide bonds. The summed E-state index contributed by atoms with van der Waals surface area (Å²) in [7, 11) is 0. The molecular weight excluding hydrogens is 240 g/mol. The fraction of sp³-hybridized carbons (Fsp3) is 0.700. The molecule has 0 aliphatic heterocycles. The Balaban J connectivity index is 2.28. The van der Waals surface area contributed by atoms with Gasteiger partial charge in [0.1, 0.15) is 0 Å². The van der Waals surface area contributed by atoms with Gasteiger partial charge in [-0.3, -0.25) is 0 Å². The van der Waals surface area contributed by atoms with E-state index in [2.05, 4.69) is 52.8 Å². The van der Waals surface area contributed by atoms with Gasteiger partial charge in [-0.05, 0) is 69.6 Å². The van der Waals surface area contributed by atoms with Crippen molar-refractivity contribution < 1.29 is 0 Å². The second kappa shape index (κ2) is 6.33. The molecule has 0 N–H and O–H groups in total. The van der Waals surface area contributed by atoms with Gasteiger partial charge in [-0.25, -0.2) is 0 Å². The minimum Gasteiger partial charge on any atom is -0.0853 e. The third-order valence-electron chi connectivity index (χ3n) is 5.50. The van der Waals surface area contributed by atoms with E-state index in [0.717, 1.165) is 11.8 Å². The summed E-state index contributed by atoms with van der Waals surface area (Å²) in [6, 6.07) is 0. The van der Waals surface area contributed by atoms with Crippen LogP contribution in [0.2, 0.25) is 0 Å². The SMILES string of the molecule is C/C1=C\C=C2/C[C@@H](CC/C(C)=C/CC1)[C@@H](C)CC2(C)C. The molecular formula is C20H32. The van der Waals surface area contributed by atoms with Gasteiger partial charge < -0.3 is 0 Å². The van der Waals surface area contributed by atoms with E-state index in [0.29, 0.717) is 5.41 Å². The smallest absolute Gasteiger partial charge is 0.0139 e. The molecule has 0 aromatic rings. The minimum absolute atomic E-state index is 0.391. The van der Waals surface area contributed by atoms with Crippen LogP contribution in [0.25, 0.3) is 0 Å². The van der Waals surface area contributed by atoms with E-state index < -0.39 is 0 Å². The predicted octanol–water partition coefficient (Wildman–Crippen LogP) is 6.45. The average molecular weight is 272 g/mol. The van der Waals surface area contributed by atoms with Crippen LogP contribution in [0.3, 0.4) is 0 Å². The molecule has 2 aliphatic carbocycles. The van der Waals surface area contributed by atoms with Crippen molar-refractivity contribution in [3.63, 3.8) is 0 Å². The number of hydrogen-bond donors (Lipinski definition) is 0. The van der Waals surface area contributed by atoms with Crippen LogP contribution in [-0.2, 0) is 0 Å². The Kier molecular flexibility index (Phi) is 4.94. The highest BCUT2D eigenvalue weighted by Crippen LogP contribution is 2.47. The molecule has 0 heterocycles. The van der Waals surface area contributed by atoms with Crippen molar-refractivity contribution in [2.75, 3.05) is 0 Å². The van der Waals surface area contributed by atoms with Gasteiger partial charge in [-0.1, -0.05) is 55.7 Å². The number of fused-ring (bicyclic) bond motifs is 2. The summed E-state index contributed by atoms with van der Waals surface area (Å²) < 4.78 is 0. The standard InChI is InChI=1S/C20H32/c1-15-7-6-8-16(2)10-12-19-13-18(11-9-15)17(3)14-20(19,4)5/h7,10,12,17-18H,6,8-9,11,13-14H2,1-5H3/b15-7+,16-10+,19-12+/t17-,18+/m0/s1. The maximum Gasteiger partial charge on any atom is -0.0139 e. The second-order valence-corrected chi connectivity index (χ2v) is 7.86. The lowest BCUT2D eigenvalue weighted by Gasteiger charge is -2.42. The molecule has 2 atom stereocenters. The zero-order chi connectivity index (χ0) is 14.8. The Morgan fingerprint density at radius 1 is 1.05 bits per heavy atom. The summed E-state index contributed by atoms with van der Waals surface area (Å²) in [4.78, 5) is 0. The van der Waals surface area contributed by atoms with Crippen molar-refractivity contribution in [2.45, 2.75) is 73.1 Å². The third-order valence-corrected chi connectivity index (χ3v) is 5.50. The zero-order valence-electron chi connectivity index (χ0n) is 14.1. The number of rotatable bonds is 0. The molecule has 2 bridgehead atoms. The maximum absolute atomic E-state index is 2.47. The summed E-state index contributed by atoms with van der Waals surface area (Å²) >= 11 is 0. The fourth-order valence-corrected chi connectivity index (χ4v) is 3.93. The highest BCUT2D eigenvalue weighted by Gasteiger charge is 2.35. The van der Waals surface area contributed by atoms with Crippen LogP contribution in [0.4, 0.5) is 0 Å². The lowest BCUT2D eigenvalue weighted by molar-refractivity contribution is 0.184. The monoisotopic (exact) mass is 272 g/mol. The van der Waals surface area contributed by atoms with Crippen molar-refractivity contribution in [2.24, 2.45) is 17.3 Å². The van der Waals surface area contributed by atoms with E-state index in [4.69, 9.17) is 0 Å². The first-order chi connectivity index (χ1) is 9.38. The fourth-order valence-electron chi connectivity index (χ4n) is 3.93. The molecule has 0 aromatic carbocycles. The van der Waals surface area contributed by atoms with Gasteiger partial charge in [0.2, 0.25) is 0 Å². The molecule has 20 heavy (non-hydrogen) atoms. The summed E-state index contributed by atoms with van der Waals surface area (Å²) in [5, 5.41) is 0. The molecule has 0 nitrogen and oxygen atoms in total. The van der Waals surface area contributed by atoms with Gasteiger partial charge in [-0.2, -0.15) is 0 Å². The molecule has 1 fully saturated rings. The molecule has 0 heteroatoms. The Labute approximate surface area is 126 Å². The Morgan fingerprint density at radius 3 is 2.55 bits per heavy atom. The van der Waals surface area contributed by atoms with Crippen LogP contribution in [0.1, 0.15) is 73.1 Å². The molecule has 0 aromatic heterocycles. The lowest BCUT2D eigenvalue weighted by Crippen LogP contribution is -2.30. The quantitative estimate of drug-likeness (QED) is 0.444. The Bertz CT molecular complexity index is 431. The summed E-state index contributed by atoms with van der Waals surface area (Å²) in [5.74, 6) is 1.74. The van der Waals surface area contributed by atoms with Gasteiger partial charge in [0.05, 0.1) is 0 Å². The highest BCUT2D eigenvalue weighted by molar-refractivity contribution is 5.24. The van der Waals surface area contributed by atoms with Crippen molar-refractivity contribution in [3.8, 4) is 0 Å². The molecule has 0 radical (unpaired) electrons. The Morgan fingerprint density at radius 2 is 1.80 bits per heavy atom. The average Bonchev–Trinajstić information content (AvgIpc) is 2.34. The molecule has 112 valence electrons. The first-order valence-corrected chi connectivity index (χ1v) is 8.41. The van der Waals surface area contributed by atoms with E-state index in [1.54, 1.807) is 11.1 Å². The minimum atomic E-state index is 0.391. The third kappa shape index (κ3) is 3.87. The van der Waals surface area contributed by atoms with Gasteiger partial charge in [0.25, 0.3) is 0 Å². The maximum atomic E-state index is 2.47. The van der Waals surface area contributed by atoms with Crippen LogP contribution in [-0.4, -0.2) is 0 Å². The molecule has 0 saturated heterocycles. The largest absolute Gasteiger partial charge is 0.0853 e. The van der Waals surface area contributed by atoms with Crippen LogP contribution < -0.4 is 0 Å². The van der Waals surface area contributed by atoms with Crippen molar-refractivity contribution in [1.29, 1.82) is 0 Å². The number of allylic oxidation sites excluding steroid dienone is 6. The first kappa shape index (κ1) is 15.6. The van der Waals surface area contributed by atoms with Crippen LogP contribution in [0.5, 0.6) is 0 Å². The van der Waals surface area contributed by atoms with E-state index in [9.17, 15) is 0 Å². The van der Waals surface area contributed by atoms with Gasteiger partial charge in [-0.15, -0.1) is 0 Å². The normalized spacial score (nSPS) is 39.1. The van der Waals surface area contributed by atoms with Crippen molar-refractivity contribution in [3.05, 3.63) is 34.9 Å². The van der Waals surface area contributed by atoms with E-state index in [1.165, 1.54) is 44.1 Å². The predicted molar refractivity (Wildman–Crippen MR) is 89.7 cm³/mol. The molecule has 2 aliphatic rings. The van der Waals surface area contributed by atoms with E-state index >= 15 is 0 Å². The van der Waals surface area contributed by atoms with E-state index in [1.807, 2.05) is 0 Å². The van der Waals surface area contributed by atoms with E-state index in [-0.39, 0.29) is 0 Å². The molecule has 1 saturated carbocycles. The summed E-state index contributed by atoms with van der Waals surface area (Å²) in [6.45, 7) is 11.9. The molecule has 2 rings (SSSR count). The molecule has 0 unspecified atom stereocenters. The van der Waals surface area contributed by atoms with Crippen LogP contribution in [0.15, 0.2) is 34.9 Å². The van der Waals surface area contributed by atoms with Crippen molar-refractivity contribution in [1.82, 2.24) is 0 Å². The van der Waals surface area contributed by atoms with Crippen LogP contribution >= 0.6 is 0 Å². The molecule has 0 spiro atoms. The summed E-state index contributed by atoms with van der Waals surface area (Å²) in [5.41, 5.74) is 5.19. The van der Waals surface area contributed by atoms with Crippen molar-refractivity contribution >= 4 is 0 Å². The summed E-state index contributed by atoms with van der Waals surface area (Å²) in [6.07, 6.45) is 15.0. The lowest BCUT2D eigenvalue weighted by atomic mass is 9.63. The van der Waals surface area contributed by atoms with Gasteiger partial charge in [0.15, 0.2) is 0 Å². The van der Waals surface area contributed by atoms with Gasteiger partial charge in [0, 0.05) is 0 Å². The Hall–Kier alpha value is -0.780. The highest BCUT2D eigenvalue weighted by atomic mass is 14.4. The van der Waals surface area contributed by atoms with Crippen LogP contribution in [0, 0.1) is 17.3 Å². The second-order valence-electron chi connectivity index (χ2n) is 7.86. The number of hydrogen-bond acceptors (Lipinski definition) is 0. The first-order valence-electron chi connectivity index (χ1n) is 8.41. The zero-order valence-corrected chi connectivity index (χ0v) is 14.1. The van der Waals surface area contributed by atoms with Gasteiger partial charge >= 0.3 is 0 Å².